The van der Waals surface area contributed by atoms with Gasteiger partial charge in [-0.15, -0.1) is 0 Å². The number of nitrogens with zero attached hydrogens (tertiary/aromatic N) is 2. The fourth-order valence-electron chi connectivity index (χ4n) is 2.54. The maximum atomic E-state index is 12.0. The van der Waals surface area contributed by atoms with Gasteiger partial charge in [0.15, 0.2) is 0 Å². The predicted molar refractivity (Wildman–Crippen MR) is 75.7 cm³/mol. The second-order valence-corrected chi connectivity index (χ2v) is 5.60. The number of hydrogen-bond acceptors (Lipinski definition) is 1. The van der Waals surface area contributed by atoms with Crippen molar-refractivity contribution in [3.8, 4) is 11.3 Å². The summed E-state index contributed by atoms with van der Waals surface area (Å²) in [5, 5.41) is 0. The maximum absolute atomic E-state index is 12.0. The monoisotopic (exact) mass is 306 g/mol. The van der Waals surface area contributed by atoms with E-state index in [0.717, 1.165) is 41.7 Å². The number of hydrogen-bond donors (Lipinski definition) is 0. The quantitative estimate of drug-likeness (QED) is 0.794. The van der Waals surface area contributed by atoms with Gasteiger partial charge in [-0.25, -0.2) is 0 Å². The first kappa shape index (κ1) is 11.8. The molecule has 1 aromatic carbocycles. The van der Waals surface area contributed by atoms with Crippen LogP contribution in [0.5, 0.6) is 0 Å². The Morgan fingerprint density at radius 2 is 1.61 bits per heavy atom. The summed E-state index contributed by atoms with van der Waals surface area (Å²) in [5.74, 6) is 0. The second-order valence-electron chi connectivity index (χ2n) is 4.68. The Morgan fingerprint density at radius 1 is 0.944 bits per heavy atom. The fourth-order valence-corrected chi connectivity index (χ4v) is 2.80. The first-order valence-electron chi connectivity index (χ1n) is 6.32. The molecule has 0 fully saturated rings. The molecule has 2 heterocycles. The van der Waals surface area contributed by atoms with Gasteiger partial charge in [-0.3, -0.25) is 14.2 Å². The Kier molecular flexibility index (Phi) is 3.12. The molecule has 0 radical (unpaired) electrons. The molecule has 2 aromatic rings. The molecule has 4 heteroatoms. The molecule has 0 aliphatic carbocycles. The molecule has 1 aliphatic heterocycles. The first-order chi connectivity index (χ1) is 8.75. The molecule has 0 spiro atoms. The molecule has 0 N–H and O–H groups in total. The van der Waals surface area contributed by atoms with Crippen LogP contribution in [0.15, 0.2) is 39.6 Å². The van der Waals surface area contributed by atoms with Crippen molar-refractivity contribution >= 4 is 15.9 Å². The molecule has 0 amide bonds. The van der Waals surface area contributed by atoms with Crippen molar-refractivity contribution in [2.24, 2.45) is 0 Å². The molecule has 94 valence electrons. The normalized spacial score (nSPS) is 15.2. The van der Waals surface area contributed by atoms with Gasteiger partial charge in [0.25, 0.3) is 5.56 Å². The standard InChI is InChI=1S/C14H15BrN2O/c15-12-6-4-11(5-7-12)13-10-14(18)17-9-3-1-2-8-16(13)17/h4-7,10H,1-3,8-9H2. The molecule has 0 unspecified atom stereocenters. The summed E-state index contributed by atoms with van der Waals surface area (Å²) in [6, 6.07) is 9.89. The lowest BCUT2D eigenvalue weighted by atomic mass is 10.1. The number of aromatic nitrogens is 2. The molecular weight excluding hydrogens is 292 g/mol. The van der Waals surface area contributed by atoms with Crippen LogP contribution in [0.4, 0.5) is 0 Å². The minimum Gasteiger partial charge on any atom is -0.282 e. The summed E-state index contributed by atoms with van der Waals surface area (Å²) in [6.45, 7) is 1.78. The highest BCUT2D eigenvalue weighted by molar-refractivity contribution is 9.10. The van der Waals surface area contributed by atoms with E-state index < -0.39 is 0 Å². The highest BCUT2D eigenvalue weighted by Crippen LogP contribution is 2.22. The summed E-state index contributed by atoms with van der Waals surface area (Å²) in [5.41, 5.74) is 2.26. The third kappa shape index (κ3) is 2.05. The molecule has 0 saturated heterocycles. The van der Waals surface area contributed by atoms with E-state index in [1.54, 1.807) is 6.07 Å². The first-order valence-corrected chi connectivity index (χ1v) is 7.11. The van der Waals surface area contributed by atoms with Crippen molar-refractivity contribution < 1.29 is 0 Å². The van der Waals surface area contributed by atoms with E-state index in [1.807, 2.05) is 16.8 Å². The lowest BCUT2D eigenvalue weighted by Crippen LogP contribution is -2.21. The maximum Gasteiger partial charge on any atom is 0.267 e. The van der Waals surface area contributed by atoms with Crippen LogP contribution in [-0.2, 0) is 13.1 Å². The molecular formula is C14H15BrN2O. The van der Waals surface area contributed by atoms with Crippen LogP contribution >= 0.6 is 15.9 Å². The van der Waals surface area contributed by atoms with Crippen LogP contribution in [0, 0.1) is 0 Å². The van der Waals surface area contributed by atoms with Crippen molar-refractivity contribution in [2.45, 2.75) is 32.4 Å². The lowest BCUT2D eigenvalue weighted by molar-refractivity contribution is 0.481. The van der Waals surface area contributed by atoms with Gasteiger partial charge in [0.05, 0.1) is 5.69 Å². The van der Waals surface area contributed by atoms with Gasteiger partial charge in [-0.1, -0.05) is 28.1 Å². The van der Waals surface area contributed by atoms with Crippen molar-refractivity contribution in [3.63, 3.8) is 0 Å². The van der Waals surface area contributed by atoms with E-state index in [4.69, 9.17) is 0 Å². The molecule has 1 aromatic heterocycles. The van der Waals surface area contributed by atoms with Gasteiger partial charge in [-0.05, 0) is 37.0 Å². The number of rotatable bonds is 1. The zero-order chi connectivity index (χ0) is 12.5. The zero-order valence-corrected chi connectivity index (χ0v) is 11.7. The average Bonchev–Trinajstić information content (AvgIpc) is 2.56. The Bertz CT molecular complexity index is 610. The smallest absolute Gasteiger partial charge is 0.267 e. The van der Waals surface area contributed by atoms with Crippen LogP contribution in [0.1, 0.15) is 19.3 Å². The molecule has 1 aliphatic rings. The third-order valence-electron chi connectivity index (χ3n) is 3.46. The molecule has 0 bridgehead atoms. The SMILES string of the molecule is O=c1cc(-c2ccc(Br)cc2)n2n1CCCCC2. The van der Waals surface area contributed by atoms with Gasteiger partial charge in [0.1, 0.15) is 0 Å². The molecule has 3 nitrogen and oxygen atoms in total. The van der Waals surface area contributed by atoms with Gasteiger partial charge in [-0.2, -0.15) is 0 Å². The summed E-state index contributed by atoms with van der Waals surface area (Å²) in [4.78, 5) is 12.0. The third-order valence-corrected chi connectivity index (χ3v) is 3.99. The van der Waals surface area contributed by atoms with E-state index in [9.17, 15) is 4.79 Å². The average molecular weight is 307 g/mol. The fraction of sp³-hybridized carbons (Fsp3) is 0.357. The van der Waals surface area contributed by atoms with Crippen molar-refractivity contribution in [2.75, 3.05) is 0 Å². The van der Waals surface area contributed by atoms with E-state index >= 15 is 0 Å². The topological polar surface area (TPSA) is 26.9 Å². The second kappa shape index (κ2) is 4.76. The number of halogens is 1. The number of benzene rings is 1. The van der Waals surface area contributed by atoms with Gasteiger partial charge < -0.3 is 0 Å². The lowest BCUT2D eigenvalue weighted by Gasteiger charge is -2.11. The predicted octanol–water partition coefficient (Wildman–Crippen LogP) is 3.26. The minimum atomic E-state index is 0.120. The van der Waals surface area contributed by atoms with Crippen LogP contribution in [0.2, 0.25) is 0 Å². The molecule has 0 saturated carbocycles. The Balaban J connectivity index is 2.12. The van der Waals surface area contributed by atoms with E-state index in [2.05, 4.69) is 32.7 Å². The van der Waals surface area contributed by atoms with Crippen molar-refractivity contribution in [1.82, 2.24) is 9.36 Å². The van der Waals surface area contributed by atoms with Crippen LogP contribution in [-0.4, -0.2) is 9.36 Å². The van der Waals surface area contributed by atoms with Crippen LogP contribution < -0.4 is 5.56 Å². The Hall–Kier alpha value is -1.29. The minimum absolute atomic E-state index is 0.120. The van der Waals surface area contributed by atoms with E-state index in [-0.39, 0.29) is 5.56 Å². The van der Waals surface area contributed by atoms with Gasteiger partial charge >= 0.3 is 0 Å². The highest BCUT2D eigenvalue weighted by Gasteiger charge is 2.14. The molecule has 0 atom stereocenters. The largest absolute Gasteiger partial charge is 0.282 e. The Labute approximate surface area is 114 Å². The zero-order valence-electron chi connectivity index (χ0n) is 10.1. The van der Waals surface area contributed by atoms with E-state index in [1.165, 1.54) is 6.42 Å². The van der Waals surface area contributed by atoms with Gasteiger partial charge in [0, 0.05) is 23.6 Å². The summed E-state index contributed by atoms with van der Waals surface area (Å²) in [6.07, 6.45) is 3.45. The number of fused-ring (bicyclic) bond motifs is 1. The highest BCUT2D eigenvalue weighted by atomic mass is 79.9. The summed E-state index contributed by atoms with van der Waals surface area (Å²) in [7, 11) is 0. The summed E-state index contributed by atoms with van der Waals surface area (Å²) >= 11 is 3.44. The Morgan fingerprint density at radius 3 is 2.33 bits per heavy atom. The molecule has 18 heavy (non-hydrogen) atoms. The molecule has 3 rings (SSSR count). The van der Waals surface area contributed by atoms with Crippen LogP contribution in [0.25, 0.3) is 11.3 Å². The summed E-state index contributed by atoms with van der Waals surface area (Å²) < 4.78 is 5.08. The van der Waals surface area contributed by atoms with Gasteiger partial charge in [0.2, 0.25) is 0 Å². The van der Waals surface area contributed by atoms with Crippen LogP contribution in [0.3, 0.4) is 0 Å². The van der Waals surface area contributed by atoms with Crippen molar-refractivity contribution in [3.05, 3.63) is 45.2 Å². The van der Waals surface area contributed by atoms with E-state index in [0.29, 0.717) is 0 Å². The van der Waals surface area contributed by atoms with Crippen molar-refractivity contribution in [1.29, 1.82) is 0 Å².